The highest BCUT2D eigenvalue weighted by Crippen LogP contribution is 2.42. The zero-order valence-electron chi connectivity index (χ0n) is 25.6. The van der Waals surface area contributed by atoms with Gasteiger partial charge >= 0.3 is 0 Å². The molecule has 0 spiro atoms. The molecule has 3 aromatic heterocycles. The lowest BCUT2D eigenvalue weighted by molar-refractivity contribution is 0.673. The Morgan fingerprint density at radius 2 is 1.06 bits per heavy atom. The summed E-state index contributed by atoms with van der Waals surface area (Å²) in [5.74, 6) is 1.88. The van der Waals surface area contributed by atoms with Gasteiger partial charge in [-0.05, 0) is 46.8 Å². The van der Waals surface area contributed by atoms with E-state index < -0.39 is 0 Å². The minimum absolute atomic E-state index is 0.610. The molecule has 4 nitrogen and oxygen atoms in total. The second-order valence-electron chi connectivity index (χ2n) is 12.0. The quantitative estimate of drug-likeness (QED) is 0.194. The molecule has 0 aliphatic carbocycles. The zero-order chi connectivity index (χ0) is 31.6. The first-order valence-corrected chi connectivity index (χ1v) is 16.8. The molecule has 7 aromatic carbocycles. The summed E-state index contributed by atoms with van der Waals surface area (Å²) in [7, 11) is 0. The summed E-state index contributed by atoms with van der Waals surface area (Å²) in [6, 6.07) is 52.7. The Hall–Kier alpha value is -6.17. The van der Waals surface area contributed by atoms with Crippen molar-refractivity contribution in [1.82, 2.24) is 15.0 Å². The summed E-state index contributed by atoms with van der Waals surface area (Å²) in [4.78, 5) is 15.4. The van der Waals surface area contributed by atoms with Crippen molar-refractivity contribution in [3.63, 3.8) is 0 Å². The molecule has 0 amide bonds. The van der Waals surface area contributed by atoms with E-state index in [-0.39, 0.29) is 0 Å². The molecule has 10 rings (SSSR count). The topological polar surface area (TPSA) is 51.8 Å². The third-order valence-electron chi connectivity index (χ3n) is 9.11. The smallest absolute Gasteiger partial charge is 0.164 e. The van der Waals surface area contributed by atoms with Gasteiger partial charge < -0.3 is 4.42 Å². The molecular formula is C43H25N3OS. The summed E-state index contributed by atoms with van der Waals surface area (Å²) in [6.45, 7) is 0. The number of furan rings is 1. The molecule has 3 heterocycles. The predicted molar refractivity (Wildman–Crippen MR) is 199 cm³/mol. The fraction of sp³-hybridized carbons (Fsp3) is 0. The maximum absolute atomic E-state index is 6.66. The van der Waals surface area contributed by atoms with E-state index in [1.165, 1.54) is 20.2 Å². The number of nitrogens with zero attached hydrogens (tertiary/aromatic N) is 3. The van der Waals surface area contributed by atoms with E-state index in [9.17, 15) is 0 Å². The minimum atomic E-state index is 0.610. The van der Waals surface area contributed by atoms with Crippen molar-refractivity contribution in [3.05, 3.63) is 152 Å². The number of hydrogen-bond donors (Lipinski definition) is 0. The molecule has 224 valence electrons. The number of fused-ring (bicyclic) bond motifs is 8. The lowest BCUT2D eigenvalue weighted by atomic mass is 9.97. The fourth-order valence-corrected chi connectivity index (χ4v) is 7.95. The molecule has 0 N–H and O–H groups in total. The monoisotopic (exact) mass is 631 g/mol. The Morgan fingerprint density at radius 1 is 0.417 bits per heavy atom. The maximum Gasteiger partial charge on any atom is 0.164 e. The van der Waals surface area contributed by atoms with Crippen LogP contribution in [0.5, 0.6) is 0 Å². The Balaban J connectivity index is 1.26. The van der Waals surface area contributed by atoms with Gasteiger partial charge in [0.25, 0.3) is 0 Å². The largest absolute Gasteiger partial charge is 0.455 e. The van der Waals surface area contributed by atoms with Gasteiger partial charge in [-0.25, -0.2) is 15.0 Å². The van der Waals surface area contributed by atoms with E-state index in [1.807, 2.05) is 36.4 Å². The SMILES string of the molecule is c1ccc(-c2ccc3oc4c5ccccc5cc(-c5nc(-c6ccccc6)nc(-c6ccc7c(c6)sc6ccccc67)n5)c4c3c2)cc1. The van der Waals surface area contributed by atoms with Crippen LogP contribution in [0.2, 0.25) is 0 Å². The highest BCUT2D eigenvalue weighted by molar-refractivity contribution is 7.25. The van der Waals surface area contributed by atoms with E-state index in [0.29, 0.717) is 17.5 Å². The Bertz CT molecular complexity index is 2840. The van der Waals surface area contributed by atoms with Crippen LogP contribution >= 0.6 is 11.3 Å². The van der Waals surface area contributed by atoms with E-state index in [4.69, 9.17) is 19.4 Å². The van der Waals surface area contributed by atoms with Crippen molar-refractivity contribution in [3.8, 4) is 45.3 Å². The summed E-state index contributed by atoms with van der Waals surface area (Å²) in [5, 5.41) is 6.66. The number of benzene rings is 7. The lowest BCUT2D eigenvalue weighted by Crippen LogP contribution is -2.00. The number of hydrogen-bond acceptors (Lipinski definition) is 5. The molecular weight excluding hydrogens is 607 g/mol. The van der Waals surface area contributed by atoms with Crippen molar-refractivity contribution in [2.75, 3.05) is 0 Å². The first kappa shape index (κ1) is 27.0. The van der Waals surface area contributed by atoms with Gasteiger partial charge in [0.2, 0.25) is 0 Å². The third kappa shape index (κ3) is 4.33. The molecule has 0 saturated heterocycles. The van der Waals surface area contributed by atoms with Gasteiger partial charge in [-0.3, -0.25) is 0 Å². The molecule has 0 saturated carbocycles. The average molecular weight is 632 g/mol. The molecule has 0 fully saturated rings. The summed E-state index contributed by atoms with van der Waals surface area (Å²) in [6.07, 6.45) is 0. The molecule has 0 bridgehead atoms. The first-order chi connectivity index (χ1) is 23.8. The second kappa shape index (κ2) is 10.7. The Labute approximate surface area is 279 Å². The molecule has 0 radical (unpaired) electrons. The van der Waals surface area contributed by atoms with Gasteiger partial charge in [0.05, 0.1) is 0 Å². The number of thiophene rings is 1. The van der Waals surface area contributed by atoms with Crippen LogP contribution in [0.15, 0.2) is 156 Å². The van der Waals surface area contributed by atoms with E-state index >= 15 is 0 Å². The first-order valence-electron chi connectivity index (χ1n) is 15.9. The third-order valence-corrected chi connectivity index (χ3v) is 10.2. The van der Waals surface area contributed by atoms with Crippen LogP contribution in [0.1, 0.15) is 0 Å². The molecule has 0 aliphatic rings. The zero-order valence-corrected chi connectivity index (χ0v) is 26.4. The Morgan fingerprint density at radius 3 is 1.90 bits per heavy atom. The van der Waals surface area contributed by atoms with Crippen molar-refractivity contribution >= 4 is 64.2 Å². The standard InChI is InChI=1S/C43H25N3OS/c1-3-11-26(12-4-1)28-20-22-36-34(23-28)39-35(24-29-15-7-8-16-31(29)40(39)47-36)43-45-41(27-13-5-2-6-14-27)44-42(46-43)30-19-21-33-32-17-9-10-18-37(32)48-38(33)25-30/h1-25H. The molecule has 0 unspecified atom stereocenters. The van der Waals surface area contributed by atoms with Crippen LogP contribution in [0.4, 0.5) is 0 Å². The average Bonchev–Trinajstić information content (AvgIpc) is 3.73. The van der Waals surface area contributed by atoms with Crippen LogP contribution in [-0.2, 0) is 0 Å². The highest BCUT2D eigenvalue weighted by atomic mass is 32.1. The van der Waals surface area contributed by atoms with Gasteiger partial charge in [-0.15, -0.1) is 11.3 Å². The van der Waals surface area contributed by atoms with E-state index in [2.05, 4.69) is 115 Å². The summed E-state index contributed by atoms with van der Waals surface area (Å²) in [5.41, 5.74) is 6.75. The number of aromatic nitrogens is 3. The molecule has 10 aromatic rings. The van der Waals surface area contributed by atoms with Crippen molar-refractivity contribution < 1.29 is 4.42 Å². The van der Waals surface area contributed by atoms with Gasteiger partial charge in [0, 0.05) is 53.0 Å². The second-order valence-corrected chi connectivity index (χ2v) is 13.1. The summed E-state index contributed by atoms with van der Waals surface area (Å²) >= 11 is 1.79. The van der Waals surface area contributed by atoms with Crippen LogP contribution < -0.4 is 0 Å². The molecule has 5 heteroatoms. The normalized spacial score (nSPS) is 11.8. The van der Waals surface area contributed by atoms with Crippen molar-refractivity contribution in [2.45, 2.75) is 0 Å². The molecule has 0 aliphatic heterocycles. The fourth-order valence-electron chi connectivity index (χ4n) is 6.81. The minimum Gasteiger partial charge on any atom is -0.455 e. The maximum atomic E-state index is 6.66. The predicted octanol–water partition coefficient (Wildman–Crippen LogP) is 12.0. The number of rotatable bonds is 4. The van der Waals surface area contributed by atoms with E-state index in [0.717, 1.165) is 60.5 Å². The van der Waals surface area contributed by atoms with Crippen molar-refractivity contribution in [2.24, 2.45) is 0 Å². The van der Waals surface area contributed by atoms with Gasteiger partial charge in [0.15, 0.2) is 17.5 Å². The molecule has 0 atom stereocenters. The lowest BCUT2D eigenvalue weighted by Gasteiger charge is -2.11. The van der Waals surface area contributed by atoms with Crippen LogP contribution in [0, 0.1) is 0 Å². The highest BCUT2D eigenvalue weighted by Gasteiger charge is 2.21. The van der Waals surface area contributed by atoms with Crippen LogP contribution in [0.3, 0.4) is 0 Å². The van der Waals surface area contributed by atoms with Gasteiger partial charge in [-0.2, -0.15) is 0 Å². The van der Waals surface area contributed by atoms with Gasteiger partial charge in [-0.1, -0.05) is 121 Å². The van der Waals surface area contributed by atoms with Gasteiger partial charge in [0.1, 0.15) is 11.2 Å². The van der Waals surface area contributed by atoms with Crippen LogP contribution in [0.25, 0.3) is 98.2 Å². The van der Waals surface area contributed by atoms with E-state index in [1.54, 1.807) is 11.3 Å². The Kier molecular flexibility index (Phi) is 6.01. The van der Waals surface area contributed by atoms with Crippen molar-refractivity contribution in [1.29, 1.82) is 0 Å². The van der Waals surface area contributed by atoms with Crippen LogP contribution in [-0.4, -0.2) is 15.0 Å². The summed E-state index contributed by atoms with van der Waals surface area (Å²) < 4.78 is 9.13. The molecule has 48 heavy (non-hydrogen) atoms.